The Hall–Kier alpha value is -3.70. The van der Waals surface area contributed by atoms with Gasteiger partial charge >= 0.3 is 0 Å². The van der Waals surface area contributed by atoms with Crippen LogP contribution in [0.5, 0.6) is 5.75 Å². The van der Waals surface area contributed by atoms with Crippen LogP contribution >= 0.6 is 0 Å². The van der Waals surface area contributed by atoms with Crippen molar-refractivity contribution >= 4 is 6.47 Å². The van der Waals surface area contributed by atoms with Gasteiger partial charge < -0.3 is 14.0 Å². The average molecular weight is 447 g/mol. The van der Waals surface area contributed by atoms with E-state index >= 15 is 0 Å². The van der Waals surface area contributed by atoms with Crippen LogP contribution in [-0.4, -0.2) is 47.8 Å². The van der Waals surface area contributed by atoms with Crippen LogP contribution in [0.2, 0.25) is 0 Å². The molecule has 2 aromatic carbocycles. The van der Waals surface area contributed by atoms with Gasteiger partial charge in [-0.25, -0.2) is 0 Å². The van der Waals surface area contributed by atoms with E-state index in [-0.39, 0.29) is 12.1 Å². The number of hydrogen-bond donors (Lipinski definition) is 0. The smallest absolute Gasteiger partial charge is 0.293 e. The summed E-state index contributed by atoms with van der Waals surface area (Å²) in [5.41, 5.74) is 4.47. The second-order valence-corrected chi connectivity index (χ2v) is 8.29. The van der Waals surface area contributed by atoms with Gasteiger partial charge in [-0.1, -0.05) is 23.4 Å². The molecule has 1 aliphatic carbocycles. The van der Waals surface area contributed by atoms with E-state index in [1.807, 2.05) is 39.1 Å². The van der Waals surface area contributed by atoms with Crippen molar-refractivity contribution in [3.05, 3.63) is 53.1 Å². The molecule has 1 aromatic heterocycles. The lowest BCUT2D eigenvalue weighted by Gasteiger charge is -2.24. The maximum Gasteiger partial charge on any atom is 0.293 e. The Balaban J connectivity index is 1.59. The highest BCUT2D eigenvalue weighted by Crippen LogP contribution is 2.40. The SMILES string of the molecule is CC(C)Oc1ccc(-c2nc(-c3cccc4c3CC[C@@H]4N(C)CCOC=O)no2)cc1C#N. The van der Waals surface area contributed by atoms with Gasteiger partial charge in [0.05, 0.1) is 11.7 Å². The third-order valence-corrected chi connectivity index (χ3v) is 5.78. The van der Waals surface area contributed by atoms with Crippen LogP contribution in [0.1, 0.15) is 43.0 Å². The zero-order valence-electron chi connectivity index (χ0n) is 18.9. The number of rotatable bonds is 9. The summed E-state index contributed by atoms with van der Waals surface area (Å²) in [5, 5.41) is 13.7. The van der Waals surface area contributed by atoms with Crippen LogP contribution < -0.4 is 4.74 Å². The molecule has 1 heterocycles. The number of nitrogens with zero attached hydrogens (tertiary/aromatic N) is 4. The maximum atomic E-state index is 10.4. The number of aromatic nitrogens is 2. The quantitative estimate of drug-likeness (QED) is 0.357. The standard InChI is InChI=1S/C25H26N4O4/c1-16(2)32-23-10-7-17(13-18(23)14-26)25-27-24(28-33-25)21-6-4-5-20-19(21)8-9-22(20)29(3)11-12-31-15-30/h4-7,10,13,15-16,22H,8-9,11-12H2,1-3H3/t22-/m0/s1. The molecule has 33 heavy (non-hydrogen) atoms. The summed E-state index contributed by atoms with van der Waals surface area (Å²) < 4.78 is 16.1. The van der Waals surface area contributed by atoms with Crippen LogP contribution in [-0.2, 0) is 16.0 Å². The van der Waals surface area contributed by atoms with Crippen LogP contribution in [0.25, 0.3) is 22.8 Å². The summed E-state index contributed by atoms with van der Waals surface area (Å²) in [6.07, 6.45) is 1.84. The Bertz CT molecular complexity index is 1180. The van der Waals surface area contributed by atoms with Gasteiger partial charge in [0.2, 0.25) is 5.82 Å². The Morgan fingerprint density at radius 1 is 1.33 bits per heavy atom. The maximum absolute atomic E-state index is 10.4. The highest BCUT2D eigenvalue weighted by molar-refractivity contribution is 5.67. The van der Waals surface area contributed by atoms with Crippen molar-refractivity contribution in [3.63, 3.8) is 0 Å². The molecule has 0 bridgehead atoms. The number of nitriles is 1. The molecular formula is C25H26N4O4. The zero-order valence-corrected chi connectivity index (χ0v) is 18.9. The molecule has 0 aliphatic heterocycles. The highest BCUT2D eigenvalue weighted by Gasteiger charge is 2.29. The van der Waals surface area contributed by atoms with E-state index in [1.54, 1.807) is 12.1 Å². The summed E-state index contributed by atoms with van der Waals surface area (Å²) in [6, 6.07) is 13.8. The lowest BCUT2D eigenvalue weighted by atomic mass is 10.0. The highest BCUT2D eigenvalue weighted by atomic mass is 16.5. The van der Waals surface area contributed by atoms with Crippen molar-refractivity contribution < 1.29 is 18.8 Å². The van der Waals surface area contributed by atoms with E-state index in [0.29, 0.717) is 48.2 Å². The number of likely N-dealkylation sites (N-methyl/N-ethyl adjacent to an activating group) is 1. The number of fused-ring (bicyclic) bond motifs is 1. The van der Waals surface area contributed by atoms with E-state index in [9.17, 15) is 10.1 Å². The molecule has 0 unspecified atom stereocenters. The predicted octanol–water partition coefficient (Wildman–Crippen LogP) is 4.15. The summed E-state index contributed by atoms with van der Waals surface area (Å²) in [5.74, 6) is 1.41. The topological polar surface area (TPSA) is 101 Å². The second-order valence-electron chi connectivity index (χ2n) is 8.29. The monoisotopic (exact) mass is 446 g/mol. The number of benzene rings is 2. The van der Waals surface area contributed by atoms with E-state index in [4.69, 9.17) is 14.0 Å². The first-order chi connectivity index (χ1) is 16.0. The first-order valence-electron chi connectivity index (χ1n) is 10.9. The van der Waals surface area contributed by atoms with E-state index in [2.05, 4.69) is 27.2 Å². The predicted molar refractivity (Wildman–Crippen MR) is 121 cm³/mol. The molecule has 0 saturated carbocycles. The molecular weight excluding hydrogens is 420 g/mol. The van der Waals surface area contributed by atoms with Crippen LogP contribution in [0.15, 0.2) is 40.9 Å². The largest absolute Gasteiger partial charge is 0.490 e. The van der Waals surface area contributed by atoms with Gasteiger partial charge in [-0.05, 0) is 63.1 Å². The van der Waals surface area contributed by atoms with Crippen molar-refractivity contribution in [3.8, 4) is 34.7 Å². The fourth-order valence-electron chi connectivity index (χ4n) is 4.26. The van der Waals surface area contributed by atoms with E-state index in [1.165, 1.54) is 11.1 Å². The molecule has 0 N–H and O–H groups in total. The molecule has 0 spiro atoms. The van der Waals surface area contributed by atoms with Gasteiger partial charge in [-0.15, -0.1) is 0 Å². The van der Waals surface area contributed by atoms with Crippen molar-refractivity contribution in [2.75, 3.05) is 20.2 Å². The third kappa shape index (κ3) is 4.73. The van der Waals surface area contributed by atoms with E-state index < -0.39 is 0 Å². The Morgan fingerprint density at radius 3 is 2.94 bits per heavy atom. The Kier molecular flexibility index (Phi) is 6.71. The van der Waals surface area contributed by atoms with Gasteiger partial charge in [0.15, 0.2) is 0 Å². The van der Waals surface area contributed by atoms with E-state index in [0.717, 1.165) is 18.4 Å². The van der Waals surface area contributed by atoms with Crippen molar-refractivity contribution in [2.45, 2.75) is 38.8 Å². The van der Waals surface area contributed by atoms with Crippen LogP contribution in [0.4, 0.5) is 0 Å². The minimum absolute atomic E-state index is 0.0291. The number of ether oxygens (including phenoxy) is 2. The van der Waals surface area contributed by atoms with Crippen molar-refractivity contribution in [2.24, 2.45) is 0 Å². The van der Waals surface area contributed by atoms with Crippen molar-refractivity contribution in [1.82, 2.24) is 15.0 Å². The fraction of sp³-hybridized carbons (Fsp3) is 0.360. The first-order valence-corrected chi connectivity index (χ1v) is 10.9. The Labute approximate surface area is 192 Å². The minimum atomic E-state index is -0.0291. The summed E-state index contributed by atoms with van der Waals surface area (Å²) in [6.45, 7) is 5.34. The molecule has 8 nitrogen and oxygen atoms in total. The molecule has 170 valence electrons. The first kappa shape index (κ1) is 22.5. The molecule has 0 fully saturated rings. The van der Waals surface area contributed by atoms with Gasteiger partial charge in [0.1, 0.15) is 18.4 Å². The van der Waals surface area contributed by atoms with Gasteiger partial charge in [-0.2, -0.15) is 10.2 Å². The molecule has 1 aliphatic rings. The summed E-state index contributed by atoms with van der Waals surface area (Å²) in [4.78, 5) is 17.2. The molecule has 3 aromatic rings. The molecule has 8 heteroatoms. The lowest BCUT2D eigenvalue weighted by molar-refractivity contribution is -0.129. The molecule has 0 radical (unpaired) electrons. The molecule has 1 atom stereocenters. The molecule has 4 rings (SSSR count). The molecule has 0 amide bonds. The minimum Gasteiger partial charge on any atom is -0.490 e. The van der Waals surface area contributed by atoms with Gasteiger partial charge in [-0.3, -0.25) is 9.69 Å². The summed E-state index contributed by atoms with van der Waals surface area (Å²) in [7, 11) is 2.03. The zero-order chi connectivity index (χ0) is 23.4. The van der Waals surface area contributed by atoms with Gasteiger partial charge in [0.25, 0.3) is 12.4 Å². The Morgan fingerprint density at radius 2 is 2.18 bits per heavy atom. The average Bonchev–Trinajstić information content (AvgIpc) is 3.46. The number of carbonyl (C=O) groups is 1. The third-order valence-electron chi connectivity index (χ3n) is 5.78. The van der Waals surface area contributed by atoms with Crippen LogP contribution in [0, 0.1) is 11.3 Å². The second kappa shape index (κ2) is 9.84. The summed E-state index contributed by atoms with van der Waals surface area (Å²) >= 11 is 0. The van der Waals surface area contributed by atoms with Gasteiger partial charge in [0, 0.05) is 23.7 Å². The molecule has 0 saturated heterocycles. The lowest BCUT2D eigenvalue weighted by Crippen LogP contribution is -2.26. The van der Waals surface area contributed by atoms with Crippen molar-refractivity contribution in [1.29, 1.82) is 5.26 Å². The number of carbonyl (C=O) groups excluding carboxylic acids is 1. The number of hydrogen-bond acceptors (Lipinski definition) is 8. The normalized spacial score (nSPS) is 14.8. The van der Waals surface area contributed by atoms with Crippen LogP contribution in [0.3, 0.4) is 0 Å². The fourth-order valence-corrected chi connectivity index (χ4v) is 4.26.